The summed E-state index contributed by atoms with van der Waals surface area (Å²) in [6, 6.07) is 27.4. The van der Waals surface area contributed by atoms with E-state index in [-0.39, 0.29) is 85.0 Å². The number of halogens is 4. The standard InChI is InChI=1S/2C13H13F2O4.2C5H5.Ti/c2*1-2-18-12(16)4-3-5-13(17)19-11-7-6-9(14)8-10(11)15;2*1-2-4-5-3-1;/h2*6-7H,2-5H2,1H3;2*1-5H;/q4*-1;+4. The number of benzene rings is 2. The molecule has 4 aromatic carbocycles. The van der Waals surface area contributed by atoms with Crippen LogP contribution in [0.1, 0.15) is 52.4 Å². The summed E-state index contributed by atoms with van der Waals surface area (Å²) >= 11 is 0. The summed E-state index contributed by atoms with van der Waals surface area (Å²) in [4.78, 5) is 44.7. The molecule has 0 spiro atoms. The number of carbonyl (C=O) groups is 4. The van der Waals surface area contributed by atoms with Gasteiger partial charge in [0.25, 0.3) is 11.9 Å². The van der Waals surface area contributed by atoms with Gasteiger partial charge in [0.05, 0.1) is 36.3 Å². The third kappa shape index (κ3) is 22.6. The Morgan fingerprint density at radius 1 is 0.571 bits per heavy atom. The van der Waals surface area contributed by atoms with Crippen molar-refractivity contribution in [2.75, 3.05) is 13.2 Å². The monoisotopic (exact) mass is 720 g/mol. The summed E-state index contributed by atoms with van der Waals surface area (Å²) in [5.74, 6) is -6.89. The van der Waals surface area contributed by atoms with Crippen molar-refractivity contribution in [3.05, 3.63) is 120 Å². The van der Waals surface area contributed by atoms with Crippen LogP contribution in [-0.4, -0.2) is 37.1 Å². The predicted molar refractivity (Wildman–Crippen MR) is 167 cm³/mol. The second-order valence-corrected chi connectivity index (χ2v) is 9.16. The molecule has 260 valence electrons. The van der Waals surface area contributed by atoms with E-state index < -0.39 is 47.1 Å². The van der Waals surface area contributed by atoms with E-state index in [1.807, 2.05) is 60.7 Å². The van der Waals surface area contributed by atoms with Gasteiger partial charge in [-0.25, -0.2) is 41.8 Å². The molecule has 4 rings (SSSR count). The van der Waals surface area contributed by atoms with Gasteiger partial charge >= 0.3 is 33.7 Å². The first-order chi connectivity index (χ1) is 23.0. The molecule has 49 heavy (non-hydrogen) atoms. The van der Waals surface area contributed by atoms with Gasteiger partial charge in [-0.2, -0.15) is 36.4 Å². The first kappa shape index (κ1) is 44.5. The SMILES string of the molecule is CCOC(=O)CCCC(=O)Oc1ccc(F)[c-]c1F.CCOC(=O)CCCC(=O)Oc1ccc(F)[c-]c1F.[Ti+4].c1cc[cH-]c1.c1cc[cH-]c1. The Morgan fingerprint density at radius 2 is 0.898 bits per heavy atom. The van der Waals surface area contributed by atoms with Gasteiger partial charge < -0.3 is 18.9 Å². The minimum atomic E-state index is -1.07. The quantitative estimate of drug-likeness (QED) is 0.0484. The van der Waals surface area contributed by atoms with Gasteiger partial charge in [-0.15, -0.1) is 36.4 Å². The van der Waals surface area contributed by atoms with E-state index in [4.69, 9.17) is 0 Å². The zero-order chi connectivity index (χ0) is 35.6. The zero-order valence-electron chi connectivity index (χ0n) is 27.0. The van der Waals surface area contributed by atoms with Gasteiger partial charge in [0, 0.05) is 37.3 Å². The molecule has 0 heterocycles. The van der Waals surface area contributed by atoms with Gasteiger partial charge in [-0.3, -0.25) is 19.2 Å². The maximum Gasteiger partial charge on any atom is 4.00 e. The molecule has 0 radical (unpaired) electrons. The number of hydrogen-bond donors (Lipinski definition) is 0. The van der Waals surface area contributed by atoms with Crippen LogP contribution in [0, 0.1) is 35.4 Å². The van der Waals surface area contributed by atoms with Crippen molar-refractivity contribution < 1.29 is 77.4 Å². The van der Waals surface area contributed by atoms with Crippen molar-refractivity contribution >= 4 is 23.9 Å². The maximum atomic E-state index is 13.1. The van der Waals surface area contributed by atoms with Crippen molar-refractivity contribution in [2.45, 2.75) is 52.4 Å². The van der Waals surface area contributed by atoms with Crippen molar-refractivity contribution in [1.29, 1.82) is 0 Å². The Labute approximate surface area is 297 Å². The van der Waals surface area contributed by atoms with Gasteiger partial charge in [0.2, 0.25) is 0 Å². The Morgan fingerprint density at radius 3 is 1.16 bits per heavy atom. The van der Waals surface area contributed by atoms with Gasteiger partial charge in [-0.1, -0.05) is 0 Å². The smallest absolute Gasteiger partial charge is 0.488 e. The Hall–Kier alpha value is -4.55. The van der Waals surface area contributed by atoms with Crippen LogP contribution in [0.25, 0.3) is 0 Å². The van der Waals surface area contributed by atoms with E-state index in [0.29, 0.717) is 0 Å². The average Bonchev–Trinajstić information content (AvgIpc) is 3.81. The van der Waals surface area contributed by atoms with Crippen molar-refractivity contribution in [3.63, 3.8) is 0 Å². The fraction of sp³-hybridized carbons (Fsp3) is 0.278. The summed E-state index contributed by atoms with van der Waals surface area (Å²) in [6.45, 7) is 3.92. The number of hydrogen-bond acceptors (Lipinski definition) is 8. The number of carbonyl (C=O) groups excluding carboxylic acids is 4. The van der Waals surface area contributed by atoms with Crippen LogP contribution in [0.2, 0.25) is 0 Å². The topological polar surface area (TPSA) is 105 Å². The van der Waals surface area contributed by atoms with Gasteiger partial charge in [0.1, 0.15) is 0 Å². The third-order valence-electron chi connectivity index (χ3n) is 5.35. The molecule has 0 fully saturated rings. The maximum absolute atomic E-state index is 13.1. The second kappa shape index (κ2) is 27.4. The van der Waals surface area contributed by atoms with Crippen molar-refractivity contribution in [2.24, 2.45) is 0 Å². The van der Waals surface area contributed by atoms with Crippen LogP contribution in [0.4, 0.5) is 17.6 Å². The Bertz CT molecular complexity index is 1330. The molecule has 0 saturated carbocycles. The first-order valence-corrected chi connectivity index (χ1v) is 14.9. The van der Waals surface area contributed by atoms with E-state index in [1.165, 1.54) is 0 Å². The summed E-state index contributed by atoms with van der Waals surface area (Å²) in [7, 11) is 0. The van der Waals surface area contributed by atoms with E-state index in [1.54, 1.807) is 26.0 Å². The largest absolute Gasteiger partial charge is 4.00 e. The second-order valence-electron chi connectivity index (χ2n) is 9.16. The van der Waals surface area contributed by atoms with Gasteiger partial charge in [0.15, 0.2) is 0 Å². The normalized spacial score (nSPS) is 9.43. The molecule has 0 aliphatic heterocycles. The van der Waals surface area contributed by atoms with E-state index in [0.717, 1.165) is 24.3 Å². The molecule has 0 amide bonds. The van der Waals surface area contributed by atoms with Crippen LogP contribution in [0.5, 0.6) is 11.5 Å². The molecular weight excluding hydrogens is 684 g/mol. The van der Waals surface area contributed by atoms with Gasteiger partial charge in [-0.05, 0) is 26.7 Å². The molecule has 0 unspecified atom stereocenters. The molecule has 0 aliphatic carbocycles. The van der Waals surface area contributed by atoms with Crippen LogP contribution >= 0.6 is 0 Å². The van der Waals surface area contributed by atoms with E-state index in [2.05, 4.69) is 18.9 Å². The summed E-state index contributed by atoms with van der Waals surface area (Å²) in [6.07, 6.45) is 0.529. The van der Waals surface area contributed by atoms with E-state index in [9.17, 15) is 36.7 Å². The number of ether oxygens (including phenoxy) is 4. The number of esters is 4. The van der Waals surface area contributed by atoms with Crippen molar-refractivity contribution in [1.82, 2.24) is 0 Å². The Balaban J connectivity index is 0.000000717. The summed E-state index contributed by atoms with van der Waals surface area (Å²) < 4.78 is 70.1. The van der Waals surface area contributed by atoms with Crippen molar-refractivity contribution in [3.8, 4) is 11.5 Å². The average molecular weight is 721 g/mol. The molecule has 4 aromatic rings. The molecule has 0 aliphatic rings. The fourth-order valence-electron chi connectivity index (χ4n) is 3.23. The van der Waals surface area contributed by atoms with Crippen LogP contribution in [0.15, 0.2) is 84.9 Å². The first-order valence-electron chi connectivity index (χ1n) is 14.9. The zero-order valence-corrected chi connectivity index (χ0v) is 28.6. The third-order valence-corrected chi connectivity index (χ3v) is 5.35. The number of rotatable bonds is 12. The molecular formula is C36H36F4O8Ti. The molecule has 0 aromatic heterocycles. The molecule has 0 N–H and O–H groups in total. The molecule has 0 saturated heterocycles. The minimum absolute atomic E-state index is 0. The predicted octanol–water partition coefficient (Wildman–Crippen LogP) is 7.62. The fourth-order valence-corrected chi connectivity index (χ4v) is 3.23. The Kier molecular flexibility index (Phi) is 24.9. The van der Waals surface area contributed by atoms with Crippen LogP contribution in [-0.2, 0) is 50.4 Å². The molecule has 8 nitrogen and oxygen atoms in total. The molecule has 13 heteroatoms. The summed E-state index contributed by atoms with van der Waals surface area (Å²) in [5.41, 5.74) is 0. The summed E-state index contributed by atoms with van der Waals surface area (Å²) in [5, 5.41) is 0. The van der Waals surface area contributed by atoms with E-state index >= 15 is 0 Å². The van der Waals surface area contributed by atoms with Crippen LogP contribution < -0.4 is 9.47 Å². The molecule has 0 bridgehead atoms. The molecule has 0 atom stereocenters. The van der Waals surface area contributed by atoms with Crippen LogP contribution in [0.3, 0.4) is 0 Å². The minimum Gasteiger partial charge on any atom is -0.488 e.